The van der Waals surface area contributed by atoms with Crippen molar-refractivity contribution in [3.05, 3.63) is 59.9 Å². The summed E-state index contributed by atoms with van der Waals surface area (Å²) in [5, 5.41) is 2.61. The Morgan fingerprint density at radius 3 is 2.62 bits per heavy atom. The molecule has 1 saturated heterocycles. The van der Waals surface area contributed by atoms with E-state index in [0.717, 1.165) is 29.4 Å². The third-order valence-electron chi connectivity index (χ3n) is 5.19. The van der Waals surface area contributed by atoms with Gasteiger partial charge in [-0.15, -0.1) is 4.37 Å². The highest BCUT2D eigenvalue weighted by Gasteiger charge is 2.31. The predicted molar refractivity (Wildman–Crippen MR) is 113 cm³/mol. The molecule has 1 aliphatic rings. The number of pyridine rings is 1. The first-order chi connectivity index (χ1) is 15.4. The minimum absolute atomic E-state index is 0.141. The van der Waals surface area contributed by atoms with E-state index in [0.29, 0.717) is 44.2 Å². The smallest absolute Gasteiger partial charge is 0.416 e. The monoisotopic (exact) mass is 463 g/mol. The Labute approximate surface area is 186 Å². The molecule has 1 aromatic carbocycles. The summed E-state index contributed by atoms with van der Waals surface area (Å²) in [6.45, 7) is 1.48. The van der Waals surface area contributed by atoms with Crippen LogP contribution in [0.5, 0.6) is 5.88 Å². The summed E-state index contributed by atoms with van der Waals surface area (Å²) in [7, 11) is 0. The van der Waals surface area contributed by atoms with Crippen molar-refractivity contribution in [1.29, 1.82) is 0 Å². The van der Waals surface area contributed by atoms with E-state index in [1.54, 1.807) is 12.4 Å². The van der Waals surface area contributed by atoms with Crippen molar-refractivity contribution in [3.8, 4) is 5.88 Å². The Bertz CT molecular complexity index is 1050. The van der Waals surface area contributed by atoms with Gasteiger partial charge in [-0.05, 0) is 48.7 Å². The number of alkyl halides is 3. The van der Waals surface area contributed by atoms with Gasteiger partial charge < -0.3 is 15.0 Å². The average Bonchev–Trinajstić information content (AvgIpc) is 3.27. The van der Waals surface area contributed by atoms with Crippen LogP contribution in [0.4, 0.5) is 24.7 Å². The Balaban J connectivity index is 1.32. The number of hydrogen-bond acceptors (Lipinski definition) is 7. The first-order valence-electron chi connectivity index (χ1n) is 9.97. The van der Waals surface area contributed by atoms with E-state index < -0.39 is 11.7 Å². The molecule has 11 heteroatoms. The van der Waals surface area contributed by atoms with E-state index in [1.807, 2.05) is 17.0 Å². The topological polar surface area (TPSA) is 80.2 Å². The Hall–Kier alpha value is -3.21. The van der Waals surface area contributed by atoms with Crippen molar-refractivity contribution < 1.29 is 22.7 Å². The number of benzene rings is 1. The Kier molecular flexibility index (Phi) is 6.54. The van der Waals surface area contributed by atoms with Crippen molar-refractivity contribution >= 4 is 29.1 Å². The first kappa shape index (κ1) is 22.0. The van der Waals surface area contributed by atoms with Crippen LogP contribution in [-0.4, -0.2) is 32.7 Å². The van der Waals surface area contributed by atoms with Crippen LogP contribution in [-0.2, 0) is 17.6 Å². The maximum Gasteiger partial charge on any atom is 0.416 e. The van der Waals surface area contributed by atoms with Gasteiger partial charge in [0.2, 0.25) is 11.7 Å². The van der Waals surface area contributed by atoms with E-state index in [9.17, 15) is 18.0 Å². The molecular weight excluding hydrogens is 443 g/mol. The van der Waals surface area contributed by atoms with Crippen molar-refractivity contribution in [2.75, 3.05) is 23.3 Å². The van der Waals surface area contributed by atoms with Gasteiger partial charge >= 0.3 is 6.18 Å². The van der Waals surface area contributed by atoms with Gasteiger partial charge in [0.25, 0.3) is 5.88 Å². The fourth-order valence-electron chi connectivity index (χ4n) is 3.46. The van der Waals surface area contributed by atoms with Crippen molar-refractivity contribution in [1.82, 2.24) is 13.7 Å². The summed E-state index contributed by atoms with van der Waals surface area (Å²) >= 11 is 1.06. The molecule has 32 heavy (non-hydrogen) atoms. The van der Waals surface area contributed by atoms with Gasteiger partial charge in [0.05, 0.1) is 17.3 Å². The number of anilines is 2. The van der Waals surface area contributed by atoms with Gasteiger partial charge in [0.1, 0.15) is 6.61 Å². The maximum absolute atomic E-state index is 12.9. The van der Waals surface area contributed by atoms with Gasteiger partial charge in [-0.2, -0.15) is 17.5 Å². The lowest BCUT2D eigenvalue weighted by Gasteiger charge is -2.31. The van der Waals surface area contributed by atoms with Gasteiger partial charge in [-0.25, -0.2) is 0 Å². The number of nitrogens with one attached hydrogen (secondary N) is 1. The molecule has 0 radical (unpaired) electrons. The van der Waals surface area contributed by atoms with Crippen LogP contribution in [0, 0.1) is 5.92 Å². The highest BCUT2D eigenvalue weighted by molar-refractivity contribution is 6.99. The second-order valence-electron chi connectivity index (χ2n) is 7.37. The number of carbonyl (C=O) groups excluding carboxylic acids is 1. The molecule has 2 aromatic heterocycles. The largest absolute Gasteiger partial charge is 0.470 e. The van der Waals surface area contributed by atoms with Gasteiger partial charge in [0, 0.05) is 37.1 Å². The summed E-state index contributed by atoms with van der Waals surface area (Å²) in [4.78, 5) is 18.6. The molecule has 1 N–H and O–H groups in total. The minimum Gasteiger partial charge on any atom is -0.470 e. The summed E-state index contributed by atoms with van der Waals surface area (Å²) in [5.41, 5.74) is 0.312. The van der Waals surface area contributed by atoms with E-state index in [1.165, 1.54) is 12.1 Å². The number of hydrogen-bond donors (Lipinski definition) is 1. The molecule has 7 nitrogen and oxygen atoms in total. The standard InChI is InChI=1S/C21H20F3N5O2S/c22-21(23,24)16-2-1-3-17(12-16)26-19(30)15-6-10-29(11-7-15)18-20(28-32-27-18)31-13-14-4-8-25-9-5-14/h1-5,8-9,12,15H,6-7,10-11,13H2,(H,26,30). The van der Waals surface area contributed by atoms with Gasteiger partial charge in [-0.1, -0.05) is 6.07 Å². The third kappa shape index (κ3) is 5.34. The van der Waals surface area contributed by atoms with Crippen molar-refractivity contribution in [2.45, 2.75) is 25.6 Å². The molecule has 1 amide bonds. The van der Waals surface area contributed by atoms with Crippen LogP contribution < -0.4 is 15.0 Å². The van der Waals surface area contributed by atoms with Gasteiger partial charge in [-0.3, -0.25) is 9.78 Å². The second kappa shape index (κ2) is 9.51. The van der Waals surface area contributed by atoms with Crippen molar-refractivity contribution in [3.63, 3.8) is 0 Å². The Morgan fingerprint density at radius 1 is 1.16 bits per heavy atom. The van der Waals surface area contributed by atoms with E-state index >= 15 is 0 Å². The molecule has 0 unspecified atom stereocenters. The van der Waals surface area contributed by atoms with Crippen LogP contribution in [0.1, 0.15) is 24.0 Å². The van der Waals surface area contributed by atoms with E-state index in [2.05, 4.69) is 19.0 Å². The molecule has 3 heterocycles. The summed E-state index contributed by atoms with van der Waals surface area (Å²) in [5.74, 6) is 0.502. The number of amides is 1. The number of halogens is 3. The number of ether oxygens (including phenoxy) is 1. The average molecular weight is 463 g/mol. The fourth-order valence-corrected chi connectivity index (χ4v) is 3.98. The summed E-state index contributed by atoms with van der Waals surface area (Å²) < 4.78 is 53.0. The molecule has 4 rings (SSSR count). The predicted octanol–water partition coefficient (Wildman–Crippen LogP) is 4.39. The number of piperidine rings is 1. The number of aromatic nitrogens is 3. The van der Waals surface area contributed by atoms with Crippen LogP contribution in [0.2, 0.25) is 0 Å². The van der Waals surface area contributed by atoms with E-state index in [4.69, 9.17) is 4.74 Å². The molecule has 1 fully saturated rings. The summed E-state index contributed by atoms with van der Waals surface area (Å²) in [6, 6.07) is 8.37. The lowest BCUT2D eigenvalue weighted by molar-refractivity contribution is -0.137. The maximum atomic E-state index is 12.9. The molecule has 0 saturated carbocycles. The molecule has 0 spiro atoms. The van der Waals surface area contributed by atoms with Crippen LogP contribution in [0.15, 0.2) is 48.8 Å². The molecule has 0 aliphatic carbocycles. The molecule has 1 aliphatic heterocycles. The van der Waals surface area contributed by atoms with Gasteiger partial charge in [0.15, 0.2) is 0 Å². The number of rotatable bonds is 6. The van der Waals surface area contributed by atoms with Crippen molar-refractivity contribution in [2.24, 2.45) is 5.92 Å². The lowest BCUT2D eigenvalue weighted by Crippen LogP contribution is -2.38. The molecule has 168 valence electrons. The normalized spacial score (nSPS) is 14.9. The highest BCUT2D eigenvalue weighted by Crippen LogP contribution is 2.32. The molecule has 0 bridgehead atoms. The number of nitrogens with zero attached hydrogens (tertiary/aromatic N) is 4. The third-order valence-corrected chi connectivity index (χ3v) is 5.69. The van der Waals surface area contributed by atoms with Crippen LogP contribution >= 0.6 is 11.7 Å². The van der Waals surface area contributed by atoms with Crippen LogP contribution in [0.3, 0.4) is 0 Å². The molecular formula is C21H20F3N5O2S. The Morgan fingerprint density at radius 2 is 1.91 bits per heavy atom. The minimum atomic E-state index is -4.45. The fraction of sp³-hybridized carbons (Fsp3) is 0.333. The molecule has 3 aromatic rings. The number of carbonyl (C=O) groups is 1. The van der Waals surface area contributed by atoms with E-state index in [-0.39, 0.29) is 17.5 Å². The van der Waals surface area contributed by atoms with Crippen LogP contribution in [0.25, 0.3) is 0 Å². The lowest BCUT2D eigenvalue weighted by atomic mass is 9.95. The first-order valence-corrected chi connectivity index (χ1v) is 10.7. The zero-order chi connectivity index (χ0) is 22.6. The molecule has 0 atom stereocenters. The zero-order valence-electron chi connectivity index (χ0n) is 16.9. The summed E-state index contributed by atoms with van der Waals surface area (Å²) in [6.07, 6.45) is 0.0191. The highest BCUT2D eigenvalue weighted by atomic mass is 32.1. The second-order valence-corrected chi connectivity index (χ2v) is 7.89. The SMILES string of the molecule is O=C(Nc1cccc(C(F)(F)F)c1)C1CCN(c2nsnc2OCc2ccncc2)CC1. The zero-order valence-corrected chi connectivity index (χ0v) is 17.7. The quantitative estimate of drug-likeness (QED) is 0.584.